The summed E-state index contributed by atoms with van der Waals surface area (Å²) in [6, 6.07) is 3.93. The molecule has 2 rings (SSSR count). The number of esters is 1. The van der Waals surface area contributed by atoms with Crippen molar-refractivity contribution in [3.8, 4) is 0 Å². The molecule has 0 N–H and O–H groups in total. The third-order valence-corrected chi connectivity index (χ3v) is 7.76. The Morgan fingerprint density at radius 1 is 1.30 bits per heavy atom. The number of nitrogens with zero attached hydrogens (tertiary/aromatic N) is 1. The minimum atomic E-state index is -0.676. The van der Waals surface area contributed by atoms with Gasteiger partial charge in [-0.3, -0.25) is 4.79 Å². The lowest BCUT2D eigenvalue weighted by atomic mass is 9.96. The van der Waals surface area contributed by atoms with Crippen molar-refractivity contribution in [1.29, 1.82) is 0 Å². The first-order valence-electron chi connectivity index (χ1n) is 9.64. The van der Waals surface area contributed by atoms with Crippen LogP contribution in [0.15, 0.2) is 12.1 Å². The molecule has 0 bridgehead atoms. The van der Waals surface area contributed by atoms with Crippen LogP contribution in [0, 0.1) is 0 Å². The van der Waals surface area contributed by atoms with Crippen LogP contribution in [0.4, 0.5) is 0 Å². The average molecular weight is 412 g/mol. The van der Waals surface area contributed by atoms with Crippen molar-refractivity contribution in [1.82, 2.24) is 4.90 Å². The van der Waals surface area contributed by atoms with Gasteiger partial charge in [-0.05, 0) is 50.3 Å². The highest BCUT2D eigenvalue weighted by Gasteiger charge is 2.41. The zero-order valence-corrected chi connectivity index (χ0v) is 19.7. The first-order valence-corrected chi connectivity index (χ1v) is 11.7. The summed E-state index contributed by atoms with van der Waals surface area (Å²) in [6.07, 6.45) is 3.22. The smallest absolute Gasteiger partial charge is 0.348 e. The van der Waals surface area contributed by atoms with Gasteiger partial charge in [0.2, 0.25) is 5.91 Å². The molecule has 1 aliphatic rings. The molecule has 152 valence electrons. The molecule has 1 aromatic heterocycles. The molecule has 1 saturated heterocycles. The lowest BCUT2D eigenvalue weighted by Crippen LogP contribution is -2.50. The van der Waals surface area contributed by atoms with Crippen molar-refractivity contribution in [2.45, 2.75) is 77.0 Å². The van der Waals surface area contributed by atoms with Crippen LogP contribution in [0.3, 0.4) is 0 Å². The molecule has 2 heterocycles. The first kappa shape index (κ1) is 22.1. The van der Waals surface area contributed by atoms with E-state index in [-0.39, 0.29) is 28.6 Å². The molecular weight excluding hydrogens is 378 g/mol. The molecule has 0 spiro atoms. The fraction of sp³-hybridized carbons (Fsp3) is 0.700. The molecule has 0 unspecified atom stereocenters. The second-order valence-corrected chi connectivity index (χ2v) is 12.8. The molecule has 1 atom stereocenters. The molecular formula is C20H33NO4SSi. The van der Waals surface area contributed by atoms with E-state index in [0.717, 1.165) is 30.7 Å². The summed E-state index contributed by atoms with van der Waals surface area (Å²) < 4.78 is 11.1. The third-order valence-electron chi connectivity index (χ3n) is 4.88. The number of hydrogen-bond donors (Lipinski definition) is 0. The highest BCUT2D eigenvalue weighted by atomic mass is 32.1. The molecule has 27 heavy (non-hydrogen) atoms. The maximum absolute atomic E-state index is 12.4. The molecule has 1 amide bonds. The van der Waals surface area contributed by atoms with Crippen LogP contribution in [0.2, 0.25) is 5.04 Å². The Balaban J connectivity index is 1.92. The third kappa shape index (κ3) is 6.15. The zero-order valence-electron chi connectivity index (χ0n) is 17.5. The van der Waals surface area contributed by atoms with Gasteiger partial charge in [-0.1, -0.05) is 20.8 Å². The standard InChI is InChI=1S/C20H33NO4SSi/c1-19(2,3)27-25-20(4,5)16-11-12-17(22)21(16)13-7-8-14-9-10-15(26-14)18(23)24-6/h9-10,16H,7-8,11-13,27H2,1-6H3/t16-/m1/s1. The van der Waals surface area contributed by atoms with Gasteiger partial charge in [0.05, 0.1) is 18.8 Å². The number of carbonyl (C=O) groups excluding carboxylic acids is 2. The number of ether oxygens (including phenoxy) is 1. The van der Waals surface area contributed by atoms with E-state index in [4.69, 9.17) is 9.16 Å². The molecule has 0 saturated carbocycles. The molecule has 1 aliphatic heterocycles. The van der Waals surface area contributed by atoms with E-state index in [1.807, 2.05) is 17.0 Å². The Morgan fingerprint density at radius 3 is 2.63 bits per heavy atom. The summed E-state index contributed by atoms with van der Waals surface area (Å²) >= 11 is 1.47. The minimum Gasteiger partial charge on any atom is -0.465 e. The Morgan fingerprint density at radius 2 is 2.00 bits per heavy atom. The van der Waals surface area contributed by atoms with E-state index in [0.29, 0.717) is 11.3 Å². The zero-order chi connectivity index (χ0) is 20.2. The van der Waals surface area contributed by atoms with Crippen LogP contribution < -0.4 is 0 Å². The first-order chi connectivity index (χ1) is 12.5. The Labute approximate surface area is 169 Å². The van der Waals surface area contributed by atoms with Crippen molar-refractivity contribution in [2.24, 2.45) is 0 Å². The fourth-order valence-electron chi connectivity index (χ4n) is 3.38. The van der Waals surface area contributed by atoms with E-state index in [1.54, 1.807) is 0 Å². The van der Waals surface area contributed by atoms with E-state index < -0.39 is 9.76 Å². The van der Waals surface area contributed by atoms with Crippen molar-refractivity contribution in [3.05, 3.63) is 21.9 Å². The average Bonchev–Trinajstić information content (AvgIpc) is 3.20. The van der Waals surface area contributed by atoms with Crippen molar-refractivity contribution in [2.75, 3.05) is 13.7 Å². The van der Waals surface area contributed by atoms with Crippen LogP contribution in [0.25, 0.3) is 0 Å². The van der Waals surface area contributed by atoms with E-state index in [9.17, 15) is 9.59 Å². The van der Waals surface area contributed by atoms with Crippen LogP contribution in [0.5, 0.6) is 0 Å². The normalized spacial score (nSPS) is 18.7. The van der Waals surface area contributed by atoms with Crippen molar-refractivity contribution < 1.29 is 18.8 Å². The molecule has 0 aromatic carbocycles. The highest BCUT2D eigenvalue weighted by Crippen LogP contribution is 2.33. The second-order valence-electron chi connectivity index (χ2n) is 8.96. The van der Waals surface area contributed by atoms with Crippen LogP contribution >= 0.6 is 11.3 Å². The quantitative estimate of drug-likeness (QED) is 0.485. The van der Waals surface area contributed by atoms with Gasteiger partial charge in [0, 0.05) is 17.8 Å². The number of amides is 1. The van der Waals surface area contributed by atoms with Gasteiger partial charge in [0.15, 0.2) is 9.76 Å². The lowest BCUT2D eigenvalue weighted by molar-refractivity contribution is -0.131. The summed E-state index contributed by atoms with van der Waals surface area (Å²) in [5, 5.41) is 0.237. The second kappa shape index (κ2) is 8.88. The molecule has 1 aromatic rings. The predicted molar refractivity (Wildman–Crippen MR) is 112 cm³/mol. The van der Waals surface area contributed by atoms with Gasteiger partial charge < -0.3 is 14.1 Å². The van der Waals surface area contributed by atoms with Crippen molar-refractivity contribution in [3.63, 3.8) is 0 Å². The van der Waals surface area contributed by atoms with Crippen LogP contribution in [-0.2, 0) is 20.4 Å². The van der Waals surface area contributed by atoms with Gasteiger partial charge in [-0.15, -0.1) is 11.3 Å². The van der Waals surface area contributed by atoms with Crippen LogP contribution in [-0.4, -0.2) is 51.8 Å². The van der Waals surface area contributed by atoms with Gasteiger partial charge in [0.25, 0.3) is 0 Å². The number of likely N-dealkylation sites (tertiary alicyclic amines) is 1. The topological polar surface area (TPSA) is 55.8 Å². The van der Waals surface area contributed by atoms with Gasteiger partial charge in [-0.25, -0.2) is 4.79 Å². The maximum atomic E-state index is 12.4. The van der Waals surface area contributed by atoms with Crippen LogP contribution in [0.1, 0.15) is 68.4 Å². The minimum absolute atomic E-state index is 0.147. The number of hydrogen-bond acceptors (Lipinski definition) is 5. The van der Waals surface area contributed by atoms with E-state index >= 15 is 0 Å². The number of carbonyl (C=O) groups is 2. The molecule has 5 nitrogen and oxygen atoms in total. The van der Waals surface area contributed by atoms with Gasteiger partial charge in [0.1, 0.15) is 4.88 Å². The van der Waals surface area contributed by atoms with Gasteiger partial charge >= 0.3 is 5.97 Å². The number of aryl methyl sites for hydroxylation is 1. The van der Waals surface area contributed by atoms with Crippen molar-refractivity contribution >= 4 is 33.0 Å². The van der Waals surface area contributed by atoms with E-state index in [2.05, 4.69) is 34.6 Å². The number of thiophene rings is 1. The molecule has 0 radical (unpaired) electrons. The van der Waals surface area contributed by atoms with Gasteiger partial charge in [-0.2, -0.15) is 0 Å². The summed E-state index contributed by atoms with van der Waals surface area (Å²) in [6.45, 7) is 11.6. The number of rotatable bonds is 8. The highest BCUT2D eigenvalue weighted by molar-refractivity contribution is 7.13. The Hall–Kier alpha value is -1.18. The predicted octanol–water partition coefficient (Wildman–Crippen LogP) is 3.56. The Kier molecular flexibility index (Phi) is 7.27. The lowest BCUT2D eigenvalue weighted by Gasteiger charge is -2.39. The maximum Gasteiger partial charge on any atom is 0.348 e. The molecule has 0 aliphatic carbocycles. The summed E-state index contributed by atoms with van der Waals surface area (Å²) in [4.78, 5) is 27.8. The fourth-order valence-corrected chi connectivity index (χ4v) is 5.35. The summed E-state index contributed by atoms with van der Waals surface area (Å²) in [5.74, 6) is -0.0570. The summed E-state index contributed by atoms with van der Waals surface area (Å²) in [7, 11) is 0.720. The number of methoxy groups -OCH3 is 1. The largest absolute Gasteiger partial charge is 0.465 e. The summed E-state index contributed by atoms with van der Waals surface area (Å²) in [5.41, 5.74) is -0.299. The SMILES string of the molecule is COC(=O)c1ccc(CCCN2C(=O)CC[C@@H]2C(C)(C)O[SiH2]C(C)(C)C)s1. The molecule has 7 heteroatoms. The Bertz CT molecular complexity index is 665. The van der Waals surface area contributed by atoms with E-state index in [1.165, 1.54) is 18.4 Å². The molecule has 1 fully saturated rings. The monoisotopic (exact) mass is 411 g/mol.